The standard InChI is InChI=1S/C11H13F2NO2/c1-6(12)10-7(3-2-4-9(10)13)8(5-14)11(15)16/h2-4,6,8H,5,14H2,1H3,(H,15,16). The number of carboxylic acid groups (broad SMARTS) is 1. The molecule has 0 saturated carbocycles. The summed E-state index contributed by atoms with van der Waals surface area (Å²) in [6.45, 7) is 0.968. The highest BCUT2D eigenvalue weighted by Gasteiger charge is 2.25. The summed E-state index contributed by atoms with van der Waals surface area (Å²) < 4.78 is 26.6. The molecule has 0 spiro atoms. The lowest BCUT2D eigenvalue weighted by Crippen LogP contribution is -2.23. The number of halogens is 2. The van der Waals surface area contributed by atoms with E-state index in [1.165, 1.54) is 12.1 Å². The van der Waals surface area contributed by atoms with Gasteiger partial charge in [-0.15, -0.1) is 0 Å². The Bertz CT molecular complexity index is 394. The molecule has 2 unspecified atom stereocenters. The number of hydrogen-bond donors (Lipinski definition) is 2. The van der Waals surface area contributed by atoms with Gasteiger partial charge in [-0.3, -0.25) is 4.79 Å². The van der Waals surface area contributed by atoms with Gasteiger partial charge in [-0.05, 0) is 18.6 Å². The number of hydrogen-bond acceptors (Lipinski definition) is 2. The highest BCUT2D eigenvalue weighted by atomic mass is 19.1. The average Bonchev–Trinajstić information content (AvgIpc) is 2.17. The van der Waals surface area contributed by atoms with Gasteiger partial charge in [0.05, 0.1) is 5.92 Å². The Labute approximate surface area is 91.9 Å². The van der Waals surface area contributed by atoms with Crippen molar-refractivity contribution >= 4 is 5.97 Å². The molecule has 16 heavy (non-hydrogen) atoms. The van der Waals surface area contributed by atoms with Gasteiger partial charge in [0.1, 0.15) is 12.0 Å². The minimum atomic E-state index is -1.57. The third-order valence-electron chi connectivity index (χ3n) is 2.39. The molecule has 0 aromatic heterocycles. The highest BCUT2D eigenvalue weighted by molar-refractivity contribution is 5.77. The molecule has 88 valence electrons. The Hall–Kier alpha value is -1.49. The first-order valence-electron chi connectivity index (χ1n) is 4.84. The number of carbonyl (C=O) groups is 1. The molecular formula is C11H13F2NO2. The molecule has 0 aliphatic carbocycles. The molecule has 3 nitrogen and oxygen atoms in total. The van der Waals surface area contributed by atoms with Crippen LogP contribution in [0.3, 0.4) is 0 Å². The quantitative estimate of drug-likeness (QED) is 0.829. The number of nitrogens with two attached hydrogens (primary N) is 1. The van der Waals surface area contributed by atoms with E-state index >= 15 is 0 Å². The highest BCUT2D eigenvalue weighted by Crippen LogP contribution is 2.29. The fourth-order valence-electron chi connectivity index (χ4n) is 1.64. The molecule has 0 amide bonds. The van der Waals surface area contributed by atoms with Crippen LogP contribution in [0, 0.1) is 5.82 Å². The van der Waals surface area contributed by atoms with Gasteiger partial charge in [0.25, 0.3) is 0 Å². The fourth-order valence-corrected chi connectivity index (χ4v) is 1.64. The third kappa shape index (κ3) is 2.36. The first-order chi connectivity index (χ1) is 7.49. The molecule has 2 atom stereocenters. The smallest absolute Gasteiger partial charge is 0.312 e. The number of aliphatic carboxylic acids is 1. The summed E-state index contributed by atoms with van der Waals surface area (Å²) in [5, 5.41) is 8.90. The Kier molecular flexibility index (Phi) is 3.95. The Morgan fingerprint density at radius 2 is 2.19 bits per heavy atom. The maximum absolute atomic E-state index is 13.4. The van der Waals surface area contributed by atoms with Crippen molar-refractivity contribution in [3.8, 4) is 0 Å². The van der Waals surface area contributed by atoms with Crippen LogP contribution in [0.15, 0.2) is 18.2 Å². The Balaban J connectivity index is 3.31. The molecule has 0 radical (unpaired) electrons. The second kappa shape index (κ2) is 5.03. The summed E-state index contributed by atoms with van der Waals surface area (Å²) in [4.78, 5) is 10.9. The second-order valence-corrected chi connectivity index (χ2v) is 3.49. The first-order valence-corrected chi connectivity index (χ1v) is 4.84. The Morgan fingerprint density at radius 1 is 1.56 bits per heavy atom. The van der Waals surface area contributed by atoms with Gasteiger partial charge < -0.3 is 10.8 Å². The largest absolute Gasteiger partial charge is 0.481 e. The summed E-state index contributed by atoms with van der Waals surface area (Å²) in [7, 11) is 0. The van der Waals surface area contributed by atoms with Crippen molar-refractivity contribution in [2.75, 3.05) is 6.54 Å². The summed E-state index contributed by atoms with van der Waals surface area (Å²) in [6, 6.07) is 3.84. The molecule has 0 heterocycles. The van der Waals surface area contributed by atoms with Gasteiger partial charge in [0, 0.05) is 12.1 Å². The van der Waals surface area contributed by atoms with Gasteiger partial charge in [0.2, 0.25) is 0 Å². The van der Waals surface area contributed by atoms with Gasteiger partial charge in [-0.2, -0.15) is 0 Å². The average molecular weight is 229 g/mol. The van der Waals surface area contributed by atoms with Crippen molar-refractivity contribution in [3.05, 3.63) is 35.1 Å². The zero-order chi connectivity index (χ0) is 12.3. The van der Waals surface area contributed by atoms with Crippen molar-refractivity contribution in [1.82, 2.24) is 0 Å². The summed E-state index contributed by atoms with van der Waals surface area (Å²) >= 11 is 0. The molecule has 0 fully saturated rings. The summed E-state index contributed by atoms with van der Waals surface area (Å²) in [5.74, 6) is -3.01. The van der Waals surface area contributed by atoms with Crippen molar-refractivity contribution in [3.63, 3.8) is 0 Å². The van der Waals surface area contributed by atoms with E-state index < -0.39 is 23.9 Å². The minimum Gasteiger partial charge on any atom is -0.481 e. The molecule has 1 aromatic carbocycles. The zero-order valence-electron chi connectivity index (χ0n) is 8.78. The Morgan fingerprint density at radius 3 is 2.62 bits per heavy atom. The predicted octanol–water partition coefficient (Wildman–Crippen LogP) is 1.98. The number of carboxylic acids is 1. The summed E-state index contributed by atoms with van der Waals surface area (Å²) in [5.41, 5.74) is 5.18. The van der Waals surface area contributed by atoms with E-state index in [0.29, 0.717) is 0 Å². The summed E-state index contributed by atoms with van der Waals surface area (Å²) in [6.07, 6.45) is -1.57. The molecule has 3 N–H and O–H groups in total. The lowest BCUT2D eigenvalue weighted by Gasteiger charge is -2.16. The molecule has 0 aliphatic rings. The van der Waals surface area contributed by atoms with E-state index in [1.54, 1.807) is 0 Å². The van der Waals surface area contributed by atoms with Crippen LogP contribution in [0.2, 0.25) is 0 Å². The van der Waals surface area contributed by atoms with E-state index in [0.717, 1.165) is 13.0 Å². The van der Waals surface area contributed by atoms with E-state index in [1.807, 2.05) is 0 Å². The van der Waals surface area contributed by atoms with Crippen LogP contribution in [0.1, 0.15) is 30.1 Å². The molecule has 1 aromatic rings. The van der Waals surface area contributed by atoms with Crippen LogP contribution in [-0.4, -0.2) is 17.6 Å². The number of rotatable bonds is 4. The van der Waals surface area contributed by atoms with Gasteiger partial charge >= 0.3 is 5.97 Å². The van der Waals surface area contributed by atoms with Crippen LogP contribution in [-0.2, 0) is 4.79 Å². The van der Waals surface area contributed by atoms with E-state index in [4.69, 9.17) is 10.8 Å². The van der Waals surface area contributed by atoms with Gasteiger partial charge in [0.15, 0.2) is 0 Å². The van der Waals surface area contributed by atoms with Gasteiger partial charge in [-0.1, -0.05) is 12.1 Å². The number of alkyl halides is 1. The van der Waals surface area contributed by atoms with Crippen LogP contribution in [0.25, 0.3) is 0 Å². The van der Waals surface area contributed by atoms with Crippen molar-refractivity contribution in [1.29, 1.82) is 0 Å². The van der Waals surface area contributed by atoms with Crippen molar-refractivity contribution < 1.29 is 18.7 Å². The monoisotopic (exact) mass is 229 g/mol. The normalized spacial score (nSPS) is 14.5. The molecule has 0 bridgehead atoms. The second-order valence-electron chi connectivity index (χ2n) is 3.49. The molecule has 5 heteroatoms. The number of benzene rings is 1. The van der Waals surface area contributed by atoms with Crippen LogP contribution >= 0.6 is 0 Å². The SMILES string of the molecule is CC(F)c1c(F)cccc1C(CN)C(=O)O. The van der Waals surface area contributed by atoms with E-state index in [9.17, 15) is 13.6 Å². The molecular weight excluding hydrogens is 216 g/mol. The lowest BCUT2D eigenvalue weighted by atomic mass is 9.92. The maximum Gasteiger partial charge on any atom is 0.312 e. The van der Waals surface area contributed by atoms with Crippen molar-refractivity contribution in [2.45, 2.75) is 19.0 Å². The van der Waals surface area contributed by atoms with Crippen LogP contribution in [0.5, 0.6) is 0 Å². The third-order valence-corrected chi connectivity index (χ3v) is 2.39. The molecule has 0 aliphatic heterocycles. The van der Waals surface area contributed by atoms with E-state index in [2.05, 4.69) is 0 Å². The van der Waals surface area contributed by atoms with Gasteiger partial charge in [-0.25, -0.2) is 8.78 Å². The van der Waals surface area contributed by atoms with E-state index in [-0.39, 0.29) is 17.7 Å². The lowest BCUT2D eigenvalue weighted by molar-refractivity contribution is -0.138. The predicted molar refractivity (Wildman–Crippen MR) is 55.4 cm³/mol. The molecule has 0 saturated heterocycles. The topological polar surface area (TPSA) is 63.3 Å². The fraction of sp³-hybridized carbons (Fsp3) is 0.364. The zero-order valence-corrected chi connectivity index (χ0v) is 8.78. The maximum atomic E-state index is 13.4. The van der Waals surface area contributed by atoms with Crippen LogP contribution < -0.4 is 5.73 Å². The first kappa shape index (κ1) is 12.6. The van der Waals surface area contributed by atoms with Crippen molar-refractivity contribution in [2.24, 2.45) is 5.73 Å². The van der Waals surface area contributed by atoms with Crippen LogP contribution in [0.4, 0.5) is 8.78 Å². The minimum absolute atomic E-state index is 0.102. The molecule has 1 rings (SSSR count).